The minimum absolute atomic E-state index is 0.0810. The SMILES string of the molecule is O=C(CSCC(=O)Nc1cccc(Br)c1)NCc1ccc(N2CCOCC2)cc1. The molecule has 0 radical (unpaired) electrons. The number of hydrogen-bond donors (Lipinski definition) is 2. The van der Waals surface area contributed by atoms with E-state index in [-0.39, 0.29) is 23.3 Å². The van der Waals surface area contributed by atoms with Gasteiger partial charge in [0.15, 0.2) is 0 Å². The van der Waals surface area contributed by atoms with Gasteiger partial charge in [0.05, 0.1) is 24.7 Å². The second-order valence-electron chi connectivity index (χ2n) is 6.59. The number of nitrogens with one attached hydrogen (secondary N) is 2. The van der Waals surface area contributed by atoms with Crippen LogP contribution in [0.3, 0.4) is 0 Å². The molecular formula is C21H24BrN3O3S. The van der Waals surface area contributed by atoms with Crippen LogP contribution in [0.25, 0.3) is 0 Å². The summed E-state index contributed by atoms with van der Waals surface area (Å²) in [5, 5.41) is 5.71. The maximum atomic E-state index is 12.0. The van der Waals surface area contributed by atoms with Gasteiger partial charge in [-0.25, -0.2) is 0 Å². The van der Waals surface area contributed by atoms with Crippen LogP contribution in [-0.2, 0) is 20.9 Å². The number of morpholine rings is 1. The smallest absolute Gasteiger partial charge is 0.234 e. The molecule has 0 saturated carbocycles. The van der Waals surface area contributed by atoms with Gasteiger partial charge in [0.25, 0.3) is 0 Å². The van der Waals surface area contributed by atoms with Crippen molar-refractivity contribution in [1.82, 2.24) is 5.32 Å². The standard InChI is InChI=1S/C21H24BrN3O3S/c22-17-2-1-3-18(12-17)24-21(27)15-29-14-20(26)23-13-16-4-6-19(7-5-16)25-8-10-28-11-9-25/h1-7,12H,8-11,13-15H2,(H,23,26)(H,24,27). The predicted octanol–water partition coefficient (Wildman–Crippen LogP) is 3.27. The summed E-state index contributed by atoms with van der Waals surface area (Å²) in [4.78, 5) is 26.3. The normalized spacial score (nSPS) is 13.8. The van der Waals surface area contributed by atoms with E-state index in [1.165, 1.54) is 17.4 Å². The molecule has 0 atom stereocenters. The van der Waals surface area contributed by atoms with Crippen molar-refractivity contribution in [3.63, 3.8) is 0 Å². The lowest BCUT2D eigenvalue weighted by molar-refractivity contribution is -0.118. The van der Waals surface area contributed by atoms with Crippen LogP contribution in [0.1, 0.15) is 5.56 Å². The maximum Gasteiger partial charge on any atom is 0.234 e. The number of halogens is 1. The molecule has 1 fully saturated rings. The average Bonchev–Trinajstić information content (AvgIpc) is 2.73. The fourth-order valence-corrected chi connectivity index (χ4v) is 3.94. The van der Waals surface area contributed by atoms with Gasteiger partial charge in [-0.15, -0.1) is 11.8 Å². The van der Waals surface area contributed by atoms with E-state index in [2.05, 4.69) is 43.6 Å². The highest BCUT2D eigenvalue weighted by Crippen LogP contribution is 2.17. The molecule has 2 aromatic rings. The van der Waals surface area contributed by atoms with Gasteiger partial charge < -0.3 is 20.3 Å². The monoisotopic (exact) mass is 477 g/mol. The van der Waals surface area contributed by atoms with Crippen molar-refractivity contribution in [2.45, 2.75) is 6.54 Å². The molecule has 1 heterocycles. The second kappa shape index (κ2) is 11.2. The molecule has 1 saturated heterocycles. The zero-order valence-electron chi connectivity index (χ0n) is 16.0. The number of rotatable bonds is 8. The first-order chi connectivity index (χ1) is 14.1. The number of nitrogens with zero attached hydrogens (tertiary/aromatic N) is 1. The van der Waals surface area contributed by atoms with Crippen molar-refractivity contribution >= 4 is 50.9 Å². The molecule has 3 rings (SSSR count). The number of ether oxygens (including phenoxy) is 1. The topological polar surface area (TPSA) is 70.7 Å². The number of amides is 2. The van der Waals surface area contributed by atoms with E-state index < -0.39 is 0 Å². The molecule has 2 amide bonds. The third-order valence-corrected chi connectivity index (χ3v) is 5.80. The Morgan fingerprint density at radius 2 is 1.76 bits per heavy atom. The zero-order chi connectivity index (χ0) is 20.5. The van der Waals surface area contributed by atoms with E-state index >= 15 is 0 Å². The highest BCUT2D eigenvalue weighted by atomic mass is 79.9. The Balaban J connectivity index is 1.33. The first-order valence-corrected chi connectivity index (χ1v) is 11.4. The lowest BCUT2D eigenvalue weighted by Crippen LogP contribution is -2.36. The van der Waals surface area contributed by atoms with Crippen LogP contribution in [0.2, 0.25) is 0 Å². The van der Waals surface area contributed by atoms with Crippen molar-refractivity contribution < 1.29 is 14.3 Å². The quantitative estimate of drug-likeness (QED) is 0.610. The summed E-state index contributed by atoms with van der Waals surface area (Å²) in [6.07, 6.45) is 0. The molecule has 1 aliphatic rings. The summed E-state index contributed by atoms with van der Waals surface area (Å²) in [7, 11) is 0. The van der Waals surface area contributed by atoms with Gasteiger partial charge in [0.1, 0.15) is 0 Å². The molecule has 0 unspecified atom stereocenters. The van der Waals surface area contributed by atoms with E-state index in [9.17, 15) is 9.59 Å². The van der Waals surface area contributed by atoms with Crippen molar-refractivity contribution in [3.8, 4) is 0 Å². The molecule has 2 aromatic carbocycles. The van der Waals surface area contributed by atoms with Crippen LogP contribution >= 0.6 is 27.7 Å². The summed E-state index contributed by atoms with van der Waals surface area (Å²) in [6.45, 7) is 3.81. The molecule has 0 aliphatic carbocycles. The molecule has 1 aliphatic heterocycles. The molecule has 0 spiro atoms. The van der Waals surface area contributed by atoms with Gasteiger partial charge in [-0.05, 0) is 35.9 Å². The number of carbonyl (C=O) groups is 2. The van der Waals surface area contributed by atoms with Gasteiger partial charge in [0.2, 0.25) is 11.8 Å². The number of carbonyl (C=O) groups excluding carboxylic acids is 2. The van der Waals surface area contributed by atoms with Gasteiger partial charge in [-0.1, -0.05) is 34.1 Å². The highest BCUT2D eigenvalue weighted by molar-refractivity contribution is 9.10. The minimum Gasteiger partial charge on any atom is -0.378 e. The molecule has 0 bridgehead atoms. The van der Waals surface area contributed by atoms with E-state index in [0.717, 1.165) is 42.0 Å². The van der Waals surface area contributed by atoms with Crippen LogP contribution < -0.4 is 15.5 Å². The number of thioether (sulfide) groups is 1. The maximum absolute atomic E-state index is 12.0. The summed E-state index contributed by atoms with van der Waals surface area (Å²) < 4.78 is 6.28. The van der Waals surface area contributed by atoms with Gasteiger partial charge in [-0.2, -0.15) is 0 Å². The lowest BCUT2D eigenvalue weighted by Gasteiger charge is -2.28. The van der Waals surface area contributed by atoms with Crippen molar-refractivity contribution in [3.05, 3.63) is 58.6 Å². The lowest BCUT2D eigenvalue weighted by atomic mass is 10.2. The second-order valence-corrected chi connectivity index (χ2v) is 8.50. The summed E-state index contributed by atoms with van der Waals surface area (Å²) in [6, 6.07) is 15.6. The molecule has 8 heteroatoms. The molecule has 0 aromatic heterocycles. The highest BCUT2D eigenvalue weighted by Gasteiger charge is 2.11. The first kappa shape index (κ1) is 21.7. The van der Waals surface area contributed by atoms with Gasteiger partial charge >= 0.3 is 0 Å². The Morgan fingerprint density at radius 3 is 2.48 bits per heavy atom. The number of benzene rings is 2. The fraction of sp³-hybridized carbons (Fsp3) is 0.333. The average molecular weight is 478 g/mol. The van der Waals surface area contributed by atoms with E-state index in [1.807, 2.05) is 36.4 Å². The summed E-state index contributed by atoms with van der Waals surface area (Å²) in [5.41, 5.74) is 2.96. The third-order valence-electron chi connectivity index (χ3n) is 4.38. The molecule has 2 N–H and O–H groups in total. The van der Waals surface area contributed by atoms with Crippen LogP contribution in [0.5, 0.6) is 0 Å². The number of hydrogen-bond acceptors (Lipinski definition) is 5. The minimum atomic E-state index is -0.125. The van der Waals surface area contributed by atoms with Gasteiger partial charge in [-0.3, -0.25) is 9.59 Å². The van der Waals surface area contributed by atoms with Gasteiger partial charge in [0, 0.05) is 35.5 Å². The van der Waals surface area contributed by atoms with Crippen molar-refractivity contribution in [1.29, 1.82) is 0 Å². The molecular weight excluding hydrogens is 454 g/mol. The Labute approximate surface area is 183 Å². The van der Waals surface area contributed by atoms with Crippen LogP contribution in [-0.4, -0.2) is 49.6 Å². The first-order valence-electron chi connectivity index (χ1n) is 9.41. The zero-order valence-corrected chi connectivity index (χ0v) is 18.4. The number of anilines is 2. The summed E-state index contributed by atoms with van der Waals surface area (Å²) in [5.74, 6) is 0.272. The van der Waals surface area contributed by atoms with Crippen LogP contribution in [0, 0.1) is 0 Å². The largest absolute Gasteiger partial charge is 0.378 e. The molecule has 6 nitrogen and oxygen atoms in total. The van der Waals surface area contributed by atoms with Crippen LogP contribution in [0.15, 0.2) is 53.0 Å². The third kappa shape index (κ3) is 7.38. The Morgan fingerprint density at radius 1 is 1.03 bits per heavy atom. The fourth-order valence-electron chi connectivity index (χ4n) is 2.90. The Kier molecular flexibility index (Phi) is 8.39. The molecule has 29 heavy (non-hydrogen) atoms. The summed E-state index contributed by atoms with van der Waals surface area (Å²) >= 11 is 4.66. The van der Waals surface area contributed by atoms with Crippen molar-refractivity contribution in [2.24, 2.45) is 0 Å². The van der Waals surface area contributed by atoms with E-state index in [4.69, 9.17) is 4.74 Å². The Bertz CT molecular complexity index is 826. The predicted molar refractivity (Wildman–Crippen MR) is 121 cm³/mol. The van der Waals surface area contributed by atoms with E-state index in [1.54, 1.807) is 0 Å². The van der Waals surface area contributed by atoms with Crippen molar-refractivity contribution in [2.75, 3.05) is 48.0 Å². The molecule has 154 valence electrons. The Hall–Kier alpha value is -2.03. The van der Waals surface area contributed by atoms with Crippen LogP contribution in [0.4, 0.5) is 11.4 Å². The van der Waals surface area contributed by atoms with E-state index in [0.29, 0.717) is 6.54 Å².